The average Bonchev–Trinajstić information content (AvgIpc) is 2.79. The van der Waals surface area contributed by atoms with E-state index < -0.39 is 11.7 Å². The normalized spacial score (nSPS) is 14.7. The van der Waals surface area contributed by atoms with Crippen molar-refractivity contribution in [1.29, 1.82) is 0 Å². The van der Waals surface area contributed by atoms with Crippen molar-refractivity contribution in [2.45, 2.75) is 6.18 Å². The molecular weight excluding hydrogens is 393 g/mol. The van der Waals surface area contributed by atoms with Gasteiger partial charge in [-0.3, -0.25) is 0 Å². The fourth-order valence-electron chi connectivity index (χ4n) is 3.46. The molecule has 2 heterocycles. The van der Waals surface area contributed by atoms with Crippen molar-refractivity contribution in [2.75, 3.05) is 43.1 Å². The van der Waals surface area contributed by atoms with Crippen molar-refractivity contribution in [3.05, 3.63) is 66.5 Å². The van der Waals surface area contributed by atoms with Crippen LogP contribution in [-0.2, 0) is 6.18 Å². The van der Waals surface area contributed by atoms with Crippen molar-refractivity contribution in [1.82, 2.24) is 9.97 Å². The molecule has 1 fully saturated rings. The largest absolute Gasteiger partial charge is 0.497 e. The molecule has 0 spiro atoms. The number of anilines is 2. The molecule has 1 saturated heterocycles. The Morgan fingerprint density at radius 1 is 0.833 bits per heavy atom. The van der Waals surface area contributed by atoms with E-state index in [1.165, 1.54) is 12.1 Å². The zero-order valence-corrected chi connectivity index (χ0v) is 16.4. The molecule has 0 unspecified atom stereocenters. The molecule has 0 radical (unpaired) electrons. The first-order valence-electron chi connectivity index (χ1n) is 9.58. The maximum absolute atomic E-state index is 13.0. The van der Waals surface area contributed by atoms with Crippen LogP contribution in [0.25, 0.3) is 11.1 Å². The molecule has 0 bridgehead atoms. The number of aromatic nitrogens is 2. The highest BCUT2D eigenvalue weighted by Gasteiger charge is 2.31. The number of ether oxygens (including phenoxy) is 1. The van der Waals surface area contributed by atoms with E-state index in [0.29, 0.717) is 37.8 Å². The summed E-state index contributed by atoms with van der Waals surface area (Å²) in [5.74, 6) is 1.41. The molecule has 0 atom stereocenters. The molecule has 1 aliphatic rings. The number of piperazine rings is 1. The summed E-state index contributed by atoms with van der Waals surface area (Å²) in [6.45, 7) is 2.48. The van der Waals surface area contributed by atoms with Gasteiger partial charge in [0, 0.05) is 49.8 Å². The van der Waals surface area contributed by atoms with Crippen LogP contribution in [0.2, 0.25) is 0 Å². The maximum Gasteiger partial charge on any atom is 0.416 e. The Bertz CT molecular complexity index is 983. The first-order valence-corrected chi connectivity index (χ1v) is 9.58. The van der Waals surface area contributed by atoms with E-state index in [9.17, 15) is 13.2 Å². The van der Waals surface area contributed by atoms with Gasteiger partial charge in [-0.25, -0.2) is 9.97 Å². The summed E-state index contributed by atoms with van der Waals surface area (Å²) in [4.78, 5) is 13.0. The van der Waals surface area contributed by atoms with Crippen molar-refractivity contribution < 1.29 is 17.9 Å². The van der Waals surface area contributed by atoms with Crippen LogP contribution in [0.15, 0.2) is 60.9 Å². The number of alkyl halides is 3. The van der Waals surface area contributed by atoms with E-state index in [-0.39, 0.29) is 0 Å². The van der Waals surface area contributed by atoms with Gasteiger partial charge in [0.05, 0.1) is 12.7 Å². The molecular formula is C22H21F3N4O. The van der Waals surface area contributed by atoms with Crippen LogP contribution >= 0.6 is 0 Å². The summed E-state index contributed by atoms with van der Waals surface area (Å²) in [7, 11) is 1.62. The van der Waals surface area contributed by atoms with Gasteiger partial charge >= 0.3 is 6.18 Å². The summed E-state index contributed by atoms with van der Waals surface area (Å²) in [6, 6.07) is 13.1. The average molecular weight is 414 g/mol. The first kappa shape index (κ1) is 20.0. The Morgan fingerprint density at radius 2 is 1.47 bits per heavy atom. The molecule has 0 N–H and O–H groups in total. The van der Waals surface area contributed by atoms with Crippen molar-refractivity contribution in [2.24, 2.45) is 0 Å². The molecule has 156 valence electrons. The van der Waals surface area contributed by atoms with Crippen LogP contribution < -0.4 is 14.5 Å². The van der Waals surface area contributed by atoms with Crippen LogP contribution in [-0.4, -0.2) is 43.3 Å². The summed E-state index contributed by atoms with van der Waals surface area (Å²) in [5.41, 5.74) is 1.86. The highest BCUT2D eigenvalue weighted by atomic mass is 19.4. The van der Waals surface area contributed by atoms with Crippen LogP contribution in [0.1, 0.15) is 5.56 Å². The molecule has 0 saturated carbocycles. The minimum Gasteiger partial charge on any atom is -0.497 e. The van der Waals surface area contributed by atoms with Gasteiger partial charge in [-0.05, 0) is 35.9 Å². The van der Waals surface area contributed by atoms with Crippen molar-refractivity contribution in [3.8, 4) is 16.9 Å². The smallest absolute Gasteiger partial charge is 0.416 e. The lowest BCUT2D eigenvalue weighted by Gasteiger charge is -2.36. The Hall–Kier alpha value is -3.29. The van der Waals surface area contributed by atoms with Crippen LogP contribution in [0, 0.1) is 0 Å². The van der Waals surface area contributed by atoms with Gasteiger partial charge in [-0.2, -0.15) is 13.2 Å². The molecule has 0 aliphatic carbocycles. The van der Waals surface area contributed by atoms with E-state index in [4.69, 9.17) is 4.74 Å². The first-order chi connectivity index (χ1) is 14.4. The number of benzene rings is 2. The minimum atomic E-state index is -4.34. The molecule has 8 heteroatoms. The zero-order valence-electron chi connectivity index (χ0n) is 16.4. The monoisotopic (exact) mass is 414 g/mol. The number of hydrogen-bond donors (Lipinski definition) is 0. The zero-order chi connectivity index (χ0) is 21.1. The van der Waals surface area contributed by atoms with Gasteiger partial charge in [0.25, 0.3) is 0 Å². The van der Waals surface area contributed by atoms with Crippen LogP contribution in [0.5, 0.6) is 5.75 Å². The number of hydrogen-bond acceptors (Lipinski definition) is 5. The molecule has 1 aliphatic heterocycles. The number of rotatable bonds is 4. The van der Waals surface area contributed by atoms with E-state index in [1.807, 2.05) is 34.1 Å². The second-order valence-electron chi connectivity index (χ2n) is 7.02. The third-order valence-corrected chi connectivity index (χ3v) is 5.16. The molecule has 0 amide bonds. The number of methoxy groups -OCH3 is 1. The molecule has 1 aromatic heterocycles. The Morgan fingerprint density at radius 3 is 2.07 bits per heavy atom. The lowest BCUT2D eigenvalue weighted by atomic mass is 10.1. The summed E-state index contributed by atoms with van der Waals surface area (Å²) >= 11 is 0. The topological polar surface area (TPSA) is 41.5 Å². The van der Waals surface area contributed by atoms with E-state index >= 15 is 0 Å². The van der Waals surface area contributed by atoms with E-state index in [1.54, 1.807) is 25.6 Å². The van der Waals surface area contributed by atoms with Crippen molar-refractivity contribution in [3.63, 3.8) is 0 Å². The minimum absolute atomic E-state index is 0.584. The van der Waals surface area contributed by atoms with Crippen molar-refractivity contribution >= 4 is 11.6 Å². The second kappa shape index (κ2) is 8.22. The lowest BCUT2D eigenvalue weighted by molar-refractivity contribution is -0.137. The number of halogens is 3. The standard InChI is InChI=1S/C22H21F3N4O/c1-30-20-7-5-16(6-8-20)17-14-26-21(27-15-17)29-11-9-28(10-12-29)19-4-2-3-18(13-19)22(23,24)25/h2-8,13-15H,9-12H2,1H3. The quantitative estimate of drug-likeness (QED) is 0.629. The van der Waals surface area contributed by atoms with Crippen LogP contribution in [0.3, 0.4) is 0 Å². The molecule has 3 aromatic rings. The summed E-state index contributed by atoms with van der Waals surface area (Å²) in [6.07, 6.45) is -0.774. The highest BCUT2D eigenvalue weighted by Crippen LogP contribution is 2.32. The van der Waals surface area contributed by atoms with Gasteiger partial charge in [0.2, 0.25) is 5.95 Å². The predicted octanol–water partition coefficient (Wildman–Crippen LogP) is 4.50. The molecule has 30 heavy (non-hydrogen) atoms. The Kier molecular flexibility index (Phi) is 5.48. The van der Waals surface area contributed by atoms with Crippen LogP contribution in [0.4, 0.5) is 24.8 Å². The van der Waals surface area contributed by atoms with E-state index in [2.05, 4.69) is 9.97 Å². The summed E-state index contributed by atoms with van der Waals surface area (Å²) in [5, 5.41) is 0. The summed E-state index contributed by atoms with van der Waals surface area (Å²) < 4.78 is 44.1. The predicted molar refractivity (Wildman–Crippen MR) is 110 cm³/mol. The molecule has 5 nitrogen and oxygen atoms in total. The third-order valence-electron chi connectivity index (χ3n) is 5.16. The third kappa shape index (κ3) is 4.32. The van der Waals surface area contributed by atoms with Gasteiger partial charge in [-0.15, -0.1) is 0 Å². The Balaban J connectivity index is 1.40. The second-order valence-corrected chi connectivity index (χ2v) is 7.02. The molecule has 2 aromatic carbocycles. The fraction of sp³-hybridized carbons (Fsp3) is 0.273. The van der Waals surface area contributed by atoms with Gasteiger partial charge in [-0.1, -0.05) is 18.2 Å². The van der Waals surface area contributed by atoms with E-state index in [0.717, 1.165) is 22.9 Å². The van der Waals surface area contributed by atoms with Gasteiger partial charge < -0.3 is 14.5 Å². The fourth-order valence-corrected chi connectivity index (χ4v) is 3.46. The lowest BCUT2D eigenvalue weighted by Crippen LogP contribution is -2.47. The Labute approximate surface area is 172 Å². The SMILES string of the molecule is COc1ccc(-c2cnc(N3CCN(c4cccc(C(F)(F)F)c4)CC3)nc2)cc1. The molecule has 4 rings (SSSR count). The van der Waals surface area contributed by atoms with Gasteiger partial charge in [0.1, 0.15) is 5.75 Å². The number of nitrogens with zero attached hydrogens (tertiary/aromatic N) is 4. The highest BCUT2D eigenvalue weighted by molar-refractivity contribution is 5.63. The maximum atomic E-state index is 13.0. The van der Waals surface area contributed by atoms with Gasteiger partial charge in [0.15, 0.2) is 0 Å².